The summed E-state index contributed by atoms with van der Waals surface area (Å²) in [6.07, 6.45) is 2.17. The molecule has 1 aliphatic heterocycles. The molecule has 3 aromatic rings. The summed E-state index contributed by atoms with van der Waals surface area (Å²) < 4.78 is 65.4. The summed E-state index contributed by atoms with van der Waals surface area (Å²) in [7, 11) is 0. The van der Waals surface area contributed by atoms with Gasteiger partial charge in [-0.15, -0.1) is 0 Å². The van der Waals surface area contributed by atoms with Crippen molar-refractivity contribution in [3.05, 3.63) is 48.7 Å². The lowest BCUT2D eigenvalue weighted by Crippen LogP contribution is -2.45. The van der Waals surface area contributed by atoms with Gasteiger partial charge in [-0.3, -0.25) is 9.88 Å². The highest BCUT2D eigenvalue weighted by atomic mass is 19.4. The lowest BCUT2D eigenvalue weighted by molar-refractivity contribution is -0.193. The summed E-state index contributed by atoms with van der Waals surface area (Å²) in [5.41, 5.74) is 3.24. The van der Waals surface area contributed by atoms with Crippen LogP contribution in [0.5, 0.6) is 0 Å². The van der Waals surface area contributed by atoms with E-state index in [9.17, 15) is 26.3 Å². The molecule has 212 valence electrons. The minimum atomic E-state index is -5.08. The van der Waals surface area contributed by atoms with Crippen LogP contribution in [-0.4, -0.2) is 78.1 Å². The Labute approximate surface area is 218 Å². The van der Waals surface area contributed by atoms with E-state index in [4.69, 9.17) is 29.9 Å². The van der Waals surface area contributed by atoms with Gasteiger partial charge in [0, 0.05) is 42.7 Å². The van der Waals surface area contributed by atoms with E-state index in [-0.39, 0.29) is 0 Å². The molecule has 1 saturated heterocycles. The lowest BCUT2D eigenvalue weighted by Gasteiger charge is -2.41. The summed E-state index contributed by atoms with van der Waals surface area (Å²) in [6, 6.07) is 9.05. The van der Waals surface area contributed by atoms with Gasteiger partial charge in [0.05, 0.1) is 0 Å². The van der Waals surface area contributed by atoms with Gasteiger partial charge in [0.1, 0.15) is 0 Å². The van der Waals surface area contributed by atoms with Crippen molar-refractivity contribution in [3.63, 3.8) is 0 Å². The average Bonchev–Trinajstić information content (AvgIpc) is 3.27. The van der Waals surface area contributed by atoms with Crippen LogP contribution in [0.4, 0.5) is 26.3 Å². The molecule has 0 aromatic carbocycles. The second-order valence-electron chi connectivity index (χ2n) is 8.95. The number of rotatable bonds is 3. The lowest BCUT2D eigenvalue weighted by atomic mass is 9.87. The molecule has 1 atom stereocenters. The molecular weight excluding hydrogens is 536 g/mol. The van der Waals surface area contributed by atoms with Crippen LogP contribution in [0.3, 0.4) is 0 Å². The molecule has 2 N–H and O–H groups in total. The van der Waals surface area contributed by atoms with E-state index in [2.05, 4.69) is 28.2 Å². The van der Waals surface area contributed by atoms with Crippen LogP contribution in [-0.2, 0) is 9.59 Å². The maximum absolute atomic E-state index is 10.6. The highest BCUT2D eigenvalue weighted by Crippen LogP contribution is 2.32. The molecule has 1 aliphatic carbocycles. The number of hydrogen-bond acceptors (Lipinski definition) is 6. The maximum Gasteiger partial charge on any atom is 0.490 e. The summed E-state index contributed by atoms with van der Waals surface area (Å²) in [5.74, 6) is -4.03. The number of hydrogen-bond donors (Lipinski definition) is 2. The van der Waals surface area contributed by atoms with E-state index in [0.717, 1.165) is 35.2 Å². The number of likely N-dealkylation sites (tertiary alicyclic amines) is 1. The largest absolute Gasteiger partial charge is 0.490 e. The SMILES string of the molecule is O=C(O)C(F)(F)F.O=C(O)C(F)(F)F.c1cc(-c2ccc3nc(C4CCCN(C5CCC5)C4)nn3c2)ccn1. The average molecular weight is 561 g/mol. The van der Waals surface area contributed by atoms with Crippen LogP contribution in [0.15, 0.2) is 42.9 Å². The number of carboxylic acid groups (broad SMARTS) is 2. The van der Waals surface area contributed by atoms with Crippen molar-refractivity contribution >= 4 is 17.6 Å². The molecule has 0 amide bonds. The molecule has 39 heavy (non-hydrogen) atoms. The Kier molecular flexibility index (Phi) is 9.48. The van der Waals surface area contributed by atoms with Crippen molar-refractivity contribution in [3.8, 4) is 11.1 Å². The zero-order chi connectivity index (χ0) is 28.8. The van der Waals surface area contributed by atoms with Gasteiger partial charge in [-0.1, -0.05) is 6.42 Å². The van der Waals surface area contributed by atoms with E-state index in [1.807, 2.05) is 29.0 Å². The smallest absolute Gasteiger partial charge is 0.475 e. The highest BCUT2D eigenvalue weighted by molar-refractivity contribution is 5.73. The van der Waals surface area contributed by atoms with E-state index < -0.39 is 24.3 Å². The first-order chi connectivity index (χ1) is 18.3. The van der Waals surface area contributed by atoms with Crippen LogP contribution in [0, 0.1) is 0 Å². The minimum Gasteiger partial charge on any atom is -0.475 e. The van der Waals surface area contributed by atoms with Gasteiger partial charge >= 0.3 is 24.3 Å². The number of alkyl halides is 6. The van der Waals surface area contributed by atoms with Gasteiger partial charge in [-0.2, -0.15) is 31.4 Å². The van der Waals surface area contributed by atoms with Gasteiger partial charge in [-0.25, -0.2) is 19.1 Å². The molecule has 1 saturated carbocycles. The van der Waals surface area contributed by atoms with Crippen LogP contribution in [0.1, 0.15) is 43.8 Å². The Morgan fingerprint density at radius 1 is 0.846 bits per heavy atom. The Hall–Kier alpha value is -3.75. The van der Waals surface area contributed by atoms with Crippen LogP contribution >= 0.6 is 0 Å². The molecule has 2 fully saturated rings. The summed E-state index contributed by atoms with van der Waals surface area (Å²) in [4.78, 5) is 29.4. The number of nitrogens with zero attached hydrogens (tertiary/aromatic N) is 5. The summed E-state index contributed by atoms with van der Waals surface area (Å²) >= 11 is 0. The predicted octanol–water partition coefficient (Wildman–Crippen LogP) is 4.79. The van der Waals surface area contributed by atoms with Crippen LogP contribution < -0.4 is 0 Å². The molecule has 15 heteroatoms. The maximum atomic E-state index is 10.6. The molecule has 1 unspecified atom stereocenters. The quantitative estimate of drug-likeness (QED) is 0.438. The van der Waals surface area contributed by atoms with Gasteiger partial charge in [-0.05, 0) is 62.1 Å². The zero-order valence-electron chi connectivity index (χ0n) is 20.4. The molecule has 0 spiro atoms. The van der Waals surface area contributed by atoms with Crippen molar-refractivity contribution in [2.75, 3.05) is 13.1 Å². The van der Waals surface area contributed by atoms with Crippen molar-refractivity contribution in [1.29, 1.82) is 0 Å². The van der Waals surface area contributed by atoms with E-state index in [1.165, 1.54) is 38.6 Å². The molecule has 4 heterocycles. The molecule has 5 rings (SSSR count). The summed E-state index contributed by atoms with van der Waals surface area (Å²) in [6.45, 7) is 2.37. The van der Waals surface area contributed by atoms with Crippen molar-refractivity contribution in [2.45, 2.75) is 56.4 Å². The third-order valence-corrected chi connectivity index (χ3v) is 6.26. The summed E-state index contributed by atoms with van der Waals surface area (Å²) in [5, 5.41) is 19.1. The number of piperidine rings is 1. The zero-order valence-corrected chi connectivity index (χ0v) is 20.4. The molecule has 3 aromatic heterocycles. The molecule has 9 nitrogen and oxygen atoms in total. The molecule has 2 aliphatic rings. The number of carboxylic acids is 2. The topological polar surface area (TPSA) is 121 Å². The third-order valence-electron chi connectivity index (χ3n) is 6.26. The van der Waals surface area contributed by atoms with Crippen LogP contribution in [0.25, 0.3) is 16.8 Å². The van der Waals surface area contributed by atoms with E-state index >= 15 is 0 Å². The minimum absolute atomic E-state index is 0.471. The van der Waals surface area contributed by atoms with E-state index in [1.54, 1.807) is 0 Å². The molecule has 0 bridgehead atoms. The Balaban J connectivity index is 0.000000251. The number of carbonyl (C=O) groups is 2. The van der Waals surface area contributed by atoms with Crippen molar-refractivity contribution in [1.82, 2.24) is 24.5 Å². The Morgan fingerprint density at radius 2 is 1.44 bits per heavy atom. The van der Waals surface area contributed by atoms with E-state index in [0.29, 0.717) is 5.92 Å². The number of halogens is 6. The standard InChI is InChI=1S/C20H23N5.2C2HF3O2/c1-4-18(5-1)24-12-2-3-17(13-24)20-22-19-7-6-16(14-25(19)23-20)15-8-10-21-11-9-15;2*3-2(4,5)1(6)7/h6-11,14,17-18H,1-5,12-13H2;2*(H,6,7). The number of aliphatic carboxylic acids is 2. The third kappa shape index (κ3) is 8.37. The molecule has 0 radical (unpaired) electrons. The van der Waals surface area contributed by atoms with Gasteiger partial charge in [0.2, 0.25) is 0 Å². The number of aromatic nitrogens is 4. The Bertz CT molecular complexity index is 1240. The normalized spacial score (nSPS) is 18.3. The Morgan fingerprint density at radius 3 is 1.95 bits per heavy atom. The number of pyridine rings is 2. The van der Waals surface area contributed by atoms with Gasteiger partial charge in [0.15, 0.2) is 11.5 Å². The monoisotopic (exact) mass is 561 g/mol. The predicted molar refractivity (Wildman–Crippen MR) is 125 cm³/mol. The van der Waals surface area contributed by atoms with Crippen molar-refractivity contribution in [2.24, 2.45) is 0 Å². The van der Waals surface area contributed by atoms with Crippen molar-refractivity contribution < 1.29 is 46.1 Å². The van der Waals surface area contributed by atoms with Crippen LogP contribution in [0.2, 0.25) is 0 Å². The van der Waals surface area contributed by atoms with Gasteiger partial charge < -0.3 is 10.2 Å². The fourth-order valence-corrected chi connectivity index (χ4v) is 4.09. The highest BCUT2D eigenvalue weighted by Gasteiger charge is 2.39. The second kappa shape index (κ2) is 12.4. The second-order valence-corrected chi connectivity index (χ2v) is 8.95. The first-order valence-electron chi connectivity index (χ1n) is 11.9. The fourth-order valence-electron chi connectivity index (χ4n) is 4.09. The molecular formula is C24H25F6N5O4. The fraction of sp³-hybridized carbons (Fsp3) is 0.458. The first kappa shape index (κ1) is 29.8. The first-order valence-corrected chi connectivity index (χ1v) is 11.9. The van der Waals surface area contributed by atoms with Gasteiger partial charge in [0.25, 0.3) is 0 Å². The number of fused-ring (bicyclic) bond motifs is 1.